The summed E-state index contributed by atoms with van der Waals surface area (Å²) in [4.78, 5) is 9.99. The molecule has 0 aliphatic carbocycles. The maximum Gasteiger partial charge on any atom is 0.234 e. The molecule has 9 heavy (non-hydrogen) atoms. The molecule has 0 saturated heterocycles. The van der Waals surface area contributed by atoms with Crippen LogP contribution in [0.25, 0.3) is 0 Å². The van der Waals surface area contributed by atoms with Gasteiger partial charge in [-0.15, -0.1) is 0 Å². The van der Waals surface area contributed by atoms with Gasteiger partial charge in [0.05, 0.1) is 13.7 Å². The van der Waals surface area contributed by atoms with E-state index in [2.05, 4.69) is 8.91 Å². The molecule has 54 valence electrons. The van der Waals surface area contributed by atoms with Crippen molar-refractivity contribution in [3.8, 4) is 0 Å². The maximum atomic E-state index is 10.3. The number of primary amides is 1. The highest BCUT2D eigenvalue weighted by molar-refractivity contribution is 7.78. The molecular formula is C3H8N2O3S. The van der Waals surface area contributed by atoms with Gasteiger partial charge in [-0.3, -0.25) is 8.98 Å². The zero-order valence-corrected chi connectivity index (χ0v) is 5.73. The van der Waals surface area contributed by atoms with E-state index in [1.165, 1.54) is 7.11 Å². The van der Waals surface area contributed by atoms with Gasteiger partial charge < -0.3 is 5.73 Å². The summed E-state index contributed by atoms with van der Waals surface area (Å²) >= 11 is -1.60. The molecule has 0 saturated carbocycles. The molecule has 0 aliphatic heterocycles. The van der Waals surface area contributed by atoms with Crippen LogP contribution >= 0.6 is 0 Å². The molecule has 0 aliphatic rings. The maximum absolute atomic E-state index is 10.3. The van der Waals surface area contributed by atoms with Gasteiger partial charge in [0.25, 0.3) is 0 Å². The van der Waals surface area contributed by atoms with E-state index in [4.69, 9.17) is 5.73 Å². The minimum absolute atomic E-state index is 0.138. The Morgan fingerprint density at radius 1 is 1.89 bits per heavy atom. The molecular weight excluding hydrogens is 144 g/mol. The summed E-state index contributed by atoms with van der Waals surface area (Å²) in [7, 11) is 1.25. The summed E-state index contributed by atoms with van der Waals surface area (Å²) in [6.45, 7) is -0.138. The fourth-order valence-corrected chi connectivity index (χ4v) is 0.567. The first kappa shape index (κ1) is 8.54. The number of hydrogen-bond acceptors (Lipinski definition) is 3. The molecule has 0 aromatic carbocycles. The summed E-state index contributed by atoms with van der Waals surface area (Å²) < 4.78 is 16.7. The lowest BCUT2D eigenvalue weighted by Gasteiger charge is -1.95. The average molecular weight is 152 g/mol. The van der Waals surface area contributed by atoms with Crippen LogP contribution in [0.15, 0.2) is 0 Å². The van der Waals surface area contributed by atoms with Crippen LogP contribution in [0, 0.1) is 0 Å². The first-order chi connectivity index (χ1) is 4.16. The highest BCUT2D eigenvalue weighted by Crippen LogP contribution is 1.70. The smallest absolute Gasteiger partial charge is 0.234 e. The minimum Gasteiger partial charge on any atom is -0.369 e. The fourth-order valence-electron chi connectivity index (χ4n) is 0.189. The molecule has 0 spiro atoms. The second-order valence-corrected chi connectivity index (χ2v) is 2.28. The summed E-state index contributed by atoms with van der Waals surface area (Å²) in [5, 5.41) is 0. The van der Waals surface area contributed by atoms with Crippen molar-refractivity contribution in [1.29, 1.82) is 0 Å². The van der Waals surface area contributed by atoms with Crippen molar-refractivity contribution in [2.75, 3.05) is 13.7 Å². The molecule has 6 heteroatoms. The van der Waals surface area contributed by atoms with Crippen LogP contribution in [-0.2, 0) is 20.2 Å². The van der Waals surface area contributed by atoms with Crippen LogP contribution in [0.1, 0.15) is 0 Å². The lowest BCUT2D eigenvalue weighted by Crippen LogP contribution is -2.30. The second-order valence-electron chi connectivity index (χ2n) is 1.19. The van der Waals surface area contributed by atoms with E-state index < -0.39 is 17.2 Å². The number of amides is 1. The topological polar surface area (TPSA) is 81.4 Å². The van der Waals surface area contributed by atoms with Crippen LogP contribution in [-0.4, -0.2) is 23.8 Å². The summed E-state index contributed by atoms with van der Waals surface area (Å²) in [6.07, 6.45) is 0. The van der Waals surface area contributed by atoms with Gasteiger partial charge in [-0.25, -0.2) is 8.93 Å². The molecule has 5 nitrogen and oxygen atoms in total. The zero-order valence-electron chi connectivity index (χ0n) is 4.92. The van der Waals surface area contributed by atoms with Gasteiger partial charge in [0.15, 0.2) is 0 Å². The summed E-state index contributed by atoms with van der Waals surface area (Å²) in [5.41, 5.74) is 4.70. The minimum atomic E-state index is -1.60. The highest BCUT2D eigenvalue weighted by atomic mass is 32.2. The first-order valence-corrected chi connectivity index (χ1v) is 3.22. The summed E-state index contributed by atoms with van der Waals surface area (Å²) in [6, 6.07) is 0. The van der Waals surface area contributed by atoms with Gasteiger partial charge in [-0.1, -0.05) is 0 Å². The Morgan fingerprint density at radius 2 is 2.44 bits per heavy atom. The monoisotopic (exact) mass is 152 g/mol. The van der Waals surface area contributed by atoms with Crippen molar-refractivity contribution in [3.05, 3.63) is 0 Å². The Bertz CT molecular complexity index is 126. The van der Waals surface area contributed by atoms with E-state index in [0.717, 1.165) is 0 Å². The van der Waals surface area contributed by atoms with Gasteiger partial charge in [-0.05, 0) is 0 Å². The van der Waals surface area contributed by atoms with Crippen LogP contribution in [0.2, 0.25) is 0 Å². The van der Waals surface area contributed by atoms with Crippen molar-refractivity contribution >= 4 is 17.2 Å². The standard InChI is InChI=1S/C3H8N2O3S/c1-8-9(7)5-2-3(4)6/h5H,2H2,1H3,(H2,4,6). The van der Waals surface area contributed by atoms with E-state index in [0.29, 0.717) is 0 Å². The molecule has 1 unspecified atom stereocenters. The highest BCUT2D eigenvalue weighted by Gasteiger charge is 1.96. The third-order valence-corrected chi connectivity index (χ3v) is 1.20. The SMILES string of the molecule is COS(=O)NCC(N)=O. The van der Waals surface area contributed by atoms with Gasteiger partial charge in [0.1, 0.15) is 0 Å². The number of carbonyl (C=O) groups is 1. The number of nitrogens with one attached hydrogen (secondary N) is 1. The predicted molar refractivity (Wildman–Crippen MR) is 32.3 cm³/mol. The van der Waals surface area contributed by atoms with Gasteiger partial charge in [0.2, 0.25) is 17.2 Å². The van der Waals surface area contributed by atoms with Crippen molar-refractivity contribution in [2.24, 2.45) is 5.73 Å². The van der Waals surface area contributed by atoms with Crippen LogP contribution < -0.4 is 10.5 Å². The normalized spacial score (nSPS) is 13.0. The van der Waals surface area contributed by atoms with E-state index >= 15 is 0 Å². The number of carbonyl (C=O) groups excluding carboxylic acids is 1. The average Bonchev–Trinajstić information content (AvgIpc) is 1.83. The Kier molecular flexibility index (Phi) is 4.20. The molecule has 0 fully saturated rings. The van der Waals surface area contributed by atoms with Gasteiger partial charge in [-0.2, -0.15) is 0 Å². The third-order valence-electron chi connectivity index (χ3n) is 0.516. The largest absolute Gasteiger partial charge is 0.369 e. The molecule has 0 rings (SSSR count). The second kappa shape index (κ2) is 4.42. The van der Waals surface area contributed by atoms with Gasteiger partial charge in [0, 0.05) is 0 Å². The van der Waals surface area contributed by atoms with E-state index in [1.54, 1.807) is 0 Å². The fraction of sp³-hybridized carbons (Fsp3) is 0.667. The Balaban J connectivity index is 3.28. The van der Waals surface area contributed by atoms with E-state index in [9.17, 15) is 9.00 Å². The van der Waals surface area contributed by atoms with Gasteiger partial charge >= 0.3 is 0 Å². The lowest BCUT2D eigenvalue weighted by molar-refractivity contribution is -0.116. The third kappa shape index (κ3) is 5.41. The first-order valence-electron chi connectivity index (χ1n) is 2.15. The predicted octanol–water partition coefficient (Wildman–Crippen LogP) is -1.71. The summed E-state index contributed by atoms with van der Waals surface area (Å²) in [5.74, 6) is -0.569. The van der Waals surface area contributed by atoms with Crippen LogP contribution in [0.3, 0.4) is 0 Å². The van der Waals surface area contributed by atoms with E-state index in [-0.39, 0.29) is 6.54 Å². The quantitative estimate of drug-likeness (QED) is 0.503. The molecule has 0 aromatic heterocycles. The van der Waals surface area contributed by atoms with Crippen molar-refractivity contribution in [3.63, 3.8) is 0 Å². The molecule has 1 amide bonds. The van der Waals surface area contributed by atoms with Crippen LogP contribution in [0.4, 0.5) is 0 Å². The number of nitrogens with two attached hydrogens (primary N) is 1. The molecule has 0 aromatic rings. The Morgan fingerprint density at radius 3 is 2.78 bits per heavy atom. The van der Waals surface area contributed by atoms with E-state index in [1.807, 2.05) is 0 Å². The molecule has 0 heterocycles. The Hall–Kier alpha value is -0.460. The van der Waals surface area contributed by atoms with Crippen molar-refractivity contribution in [1.82, 2.24) is 4.72 Å². The molecule has 3 N–H and O–H groups in total. The number of rotatable bonds is 4. The number of hydrogen-bond donors (Lipinski definition) is 2. The zero-order chi connectivity index (χ0) is 7.28. The van der Waals surface area contributed by atoms with Crippen LogP contribution in [0.5, 0.6) is 0 Å². The van der Waals surface area contributed by atoms with Crippen molar-refractivity contribution < 1.29 is 13.2 Å². The Labute approximate surface area is 55.4 Å². The molecule has 0 radical (unpaired) electrons. The van der Waals surface area contributed by atoms with Crippen molar-refractivity contribution in [2.45, 2.75) is 0 Å². The lowest BCUT2D eigenvalue weighted by atomic mass is 10.7. The molecule has 1 atom stereocenters. The molecule has 0 bridgehead atoms.